The number of para-hydroxylation sites is 1. The van der Waals surface area contributed by atoms with Crippen molar-refractivity contribution in [1.29, 1.82) is 0 Å². The van der Waals surface area contributed by atoms with E-state index in [-0.39, 0.29) is 6.10 Å². The van der Waals surface area contributed by atoms with Gasteiger partial charge in [0.25, 0.3) is 0 Å². The van der Waals surface area contributed by atoms with Crippen LogP contribution in [0, 0.1) is 0 Å². The highest BCUT2D eigenvalue weighted by atomic mass is 16.5. The van der Waals surface area contributed by atoms with Crippen LogP contribution in [0.3, 0.4) is 0 Å². The van der Waals surface area contributed by atoms with E-state index in [1.165, 1.54) is 0 Å². The Labute approximate surface area is 154 Å². The summed E-state index contributed by atoms with van der Waals surface area (Å²) in [6.45, 7) is 3.77. The van der Waals surface area contributed by atoms with Gasteiger partial charge in [-0.25, -0.2) is 4.68 Å². The molecule has 1 aliphatic heterocycles. The van der Waals surface area contributed by atoms with Crippen molar-refractivity contribution in [2.75, 3.05) is 33.4 Å². The van der Waals surface area contributed by atoms with Crippen LogP contribution in [0.15, 0.2) is 47.7 Å². The number of benzene rings is 1. The van der Waals surface area contributed by atoms with Crippen LogP contribution in [0.5, 0.6) is 0 Å². The minimum Gasteiger partial charge on any atom is -0.379 e. The summed E-state index contributed by atoms with van der Waals surface area (Å²) in [5.74, 6) is 0.782. The van der Waals surface area contributed by atoms with E-state index in [4.69, 9.17) is 9.47 Å². The first kappa shape index (κ1) is 18.4. The van der Waals surface area contributed by atoms with Gasteiger partial charge in [0, 0.05) is 45.7 Å². The molecule has 1 aliphatic rings. The topological polar surface area (TPSA) is 72.7 Å². The molecule has 0 bridgehead atoms. The number of ether oxygens (including phenoxy) is 2. The Balaban J connectivity index is 1.41. The third-order valence-electron chi connectivity index (χ3n) is 4.27. The number of rotatable bonds is 8. The second-order valence-electron chi connectivity index (χ2n) is 6.14. The van der Waals surface area contributed by atoms with Crippen LogP contribution in [0.2, 0.25) is 0 Å². The standard InChI is InChI=1S/C19H27N5O2/c1-20-19(21-9-5-12-26-17-8-13-25-15-17)22-14-16-6-2-3-7-18(16)24-11-4-10-23-24/h2-4,6-7,10-11,17H,5,8-9,12-15H2,1H3,(H2,20,21,22). The number of nitrogens with zero attached hydrogens (tertiary/aromatic N) is 3. The molecule has 26 heavy (non-hydrogen) atoms. The van der Waals surface area contributed by atoms with E-state index in [1.54, 1.807) is 13.2 Å². The van der Waals surface area contributed by atoms with Crippen LogP contribution >= 0.6 is 0 Å². The van der Waals surface area contributed by atoms with Gasteiger partial charge in [0.05, 0.1) is 18.4 Å². The quantitative estimate of drug-likeness (QED) is 0.428. The molecular weight excluding hydrogens is 330 g/mol. The second kappa shape index (κ2) is 9.94. The summed E-state index contributed by atoms with van der Waals surface area (Å²) in [5.41, 5.74) is 2.22. The Hall–Kier alpha value is -2.38. The zero-order chi connectivity index (χ0) is 18.0. The molecule has 3 rings (SSSR count). The summed E-state index contributed by atoms with van der Waals surface area (Å²) >= 11 is 0. The third kappa shape index (κ3) is 5.31. The molecule has 2 aromatic rings. The number of aliphatic imine (C=N–C) groups is 1. The first-order valence-electron chi connectivity index (χ1n) is 9.08. The SMILES string of the molecule is CN=C(NCCCOC1CCOC1)NCc1ccccc1-n1cccn1. The summed E-state index contributed by atoms with van der Waals surface area (Å²) in [6.07, 6.45) is 5.94. The lowest BCUT2D eigenvalue weighted by Gasteiger charge is -2.15. The second-order valence-corrected chi connectivity index (χ2v) is 6.14. The lowest BCUT2D eigenvalue weighted by Crippen LogP contribution is -2.37. The van der Waals surface area contributed by atoms with Gasteiger partial charge in [-0.3, -0.25) is 4.99 Å². The maximum atomic E-state index is 5.77. The molecule has 0 amide bonds. The van der Waals surface area contributed by atoms with Gasteiger partial charge < -0.3 is 20.1 Å². The normalized spacial score (nSPS) is 17.4. The fourth-order valence-electron chi connectivity index (χ4n) is 2.87. The van der Waals surface area contributed by atoms with Gasteiger partial charge in [0.2, 0.25) is 0 Å². The smallest absolute Gasteiger partial charge is 0.191 e. The molecule has 0 radical (unpaired) electrons. The molecule has 1 atom stereocenters. The largest absolute Gasteiger partial charge is 0.379 e. The summed E-state index contributed by atoms with van der Waals surface area (Å²) in [4.78, 5) is 4.28. The third-order valence-corrected chi connectivity index (χ3v) is 4.27. The monoisotopic (exact) mass is 357 g/mol. The van der Waals surface area contributed by atoms with Gasteiger partial charge in [0.1, 0.15) is 0 Å². The maximum absolute atomic E-state index is 5.77. The van der Waals surface area contributed by atoms with E-state index < -0.39 is 0 Å². The number of hydrogen-bond donors (Lipinski definition) is 2. The molecular formula is C19H27N5O2. The summed E-state index contributed by atoms with van der Waals surface area (Å²) < 4.78 is 12.9. The molecule has 1 saturated heterocycles. The molecule has 7 nitrogen and oxygen atoms in total. The number of hydrogen-bond acceptors (Lipinski definition) is 4. The van der Waals surface area contributed by atoms with Crippen molar-refractivity contribution in [2.24, 2.45) is 4.99 Å². The van der Waals surface area contributed by atoms with E-state index in [1.807, 2.05) is 29.1 Å². The molecule has 0 saturated carbocycles. The van der Waals surface area contributed by atoms with Crippen molar-refractivity contribution in [3.8, 4) is 5.69 Å². The van der Waals surface area contributed by atoms with E-state index in [0.29, 0.717) is 6.54 Å². The predicted molar refractivity (Wildman–Crippen MR) is 102 cm³/mol. The lowest BCUT2D eigenvalue weighted by atomic mass is 10.2. The molecule has 2 N–H and O–H groups in total. The molecule has 0 aliphatic carbocycles. The molecule has 1 aromatic heterocycles. The van der Waals surface area contributed by atoms with Crippen molar-refractivity contribution in [2.45, 2.75) is 25.5 Å². The highest BCUT2D eigenvalue weighted by Crippen LogP contribution is 2.13. The lowest BCUT2D eigenvalue weighted by molar-refractivity contribution is 0.0420. The number of aromatic nitrogens is 2. The van der Waals surface area contributed by atoms with Crippen molar-refractivity contribution in [1.82, 2.24) is 20.4 Å². The molecule has 1 unspecified atom stereocenters. The summed E-state index contributed by atoms with van der Waals surface area (Å²) in [7, 11) is 1.78. The van der Waals surface area contributed by atoms with Crippen molar-refractivity contribution in [3.63, 3.8) is 0 Å². The Morgan fingerprint density at radius 1 is 1.35 bits per heavy atom. The molecule has 1 fully saturated rings. The van der Waals surface area contributed by atoms with Crippen LogP contribution in [-0.4, -0.2) is 55.3 Å². The van der Waals surface area contributed by atoms with Crippen LogP contribution < -0.4 is 10.6 Å². The fourth-order valence-corrected chi connectivity index (χ4v) is 2.87. The zero-order valence-corrected chi connectivity index (χ0v) is 15.2. The minimum absolute atomic E-state index is 0.270. The Bertz CT molecular complexity index is 681. The van der Waals surface area contributed by atoms with Gasteiger partial charge >= 0.3 is 0 Å². The highest BCUT2D eigenvalue weighted by molar-refractivity contribution is 5.79. The highest BCUT2D eigenvalue weighted by Gasteiger charge is 2.15. The van der Waals surface area contributed by atoms with E-state index in [2.05, 4.69) is 32.9 Å². The predicted octanol–water partition coefficient (Wildman–Crippen LogP) is 1.73. The van der Waals surface area contributed by atoms with E-state index >= 15 is 0 Å². The van der Waals surface area contributed by atoms with Gasteiger partial charge in [-0.1, -0.05) is 18.2 Å². The van der Waals surface area contributed by atoms with Crippen molar-refractivity contribution >= 4 is 5.96 Å². The molecule has 0 spiro atoms. The van der Waals surface area contributed by atoms with Gasteiger partial charge in [-0.15, -0.1) is 0 Å². The fraction of sp³-hybridized carbons (Fsp3) is 0.474. The van der Waals surface area contributed by atoms with Crippen LogP contribution in [0.4, 0.5) is 0 Å². The summed E-state index contributed by atoms with van der Waals surface area (Å²) in [5, 5.41) is 11.0. The van der Waals surface area contributed by atoms with Crippen LogP contribution in [0.25, 0.3) is 5.69 Å². The van der Waals surface area contributed by atoms with E-state index in [0.717, 1.165) is 56.4 Å². The average Bonchev–Trinajstić information content (AvgIpc) is 3.38. The first-order chi connectivity index (χ1) is 12.9. The summed E-state index contributed by atoms with van der Waals surface area (Å²) in [6, 6.07) is 10.1. The minimum atomic E-state index is 0.270. The van der Waals surface area contributed by atoms with Crippen molar-refractivity contribution < 1.29 is 9.47 Å². The van der Waals surface area contributed by atoms with Gasteiger partial charge in [-0.2, -0.15) is 5.10 Å². The number of nitrogens with one attached hydrogen (secondary N) is 2. The number of guanidine groups is 1. The molecule has 1 aromatic carbocycles. The van der Waals surface area contributed by atoms with Crippen molar-refractivity contribution in [3.05, 3.63) is 48.3 Å². The Morgan fingerprint density at radius 2 is 2.27 bits per heavy atom. The Morgan fingerprint density at radius 3 is 3.04 bits per heavy atom. The van der Waals surface area contributed by atoms with Crippen LogP contribution in [-0.2, 0) is 16.0 Å². The zero-order valence-electron chi connectivity index (χ0n) is 15.2. The maximum Gasteiger partial charge on any atom is 0.191 e. The molecule has 140 valence electrons. The average molecular weight is 357 g/mol. The molecule has 7 heteroatoms. The van der Waals surface area contributed by atoms with Gasteiger partial charge in [0.15, 0.2) is 5.96 Å². The Kier molecular flexibility index (Phi) is 7.04. The van der Waals surface area contributed by atoms with E-state index in [9.17, 15) is 0 Å². The van der Waals surface area contributed by atoms with Crippen LogP contribution in [0.1, 0.15) is 18.4 Å². The molecule has 2 heterocycles. The van der Waals surface area contributed by atoms with Gasteiger partial charge in [-0.05, 0) is 30.5 Å². The first-order valence-corrected chi connectivity index (χ1v) is 9.08.